The topological polar surface area (TPSA) is 61.8 Å². The normalized spacial score (nSPS) is 11.2. The van der Waals surface area contributed by atoms with Crippen molar-refractivity contribution in [3.63, 3.8) is 0 Å². The molecule has 0 aliphatic carbocycles. The summed E-state index contributed by atoms with van der Waals surface area (Å²) < 4.78 is 35.4. The van der Waals surface area contributed by atoms with E-state index in [-0.39, 0.29) is 4.85 Å². The molecule has 13 heavy (non-hydrogen) atoms. The number of hydrogen-bond acceptors (Lipinski definition) is 4. The Morgan fingerprint density at radius 3 is 2.69 bits per heavy atom. The molecule has 0 saturated heterocycles. The third-order valence-electron chi connectivity index (χ3n) is 1.00. The molecule has 0 saturated carbocycles. The van der Waals surface area contributed by atoms with Crippen molar-refractivity contribution in [2.45, 2.75) is 10.4 Å². The van der Waals surface area contributed by atoms with Crippen molar-refractivity contribution >= 4 is 11.8 Å². The fraction of sp³-hybridized carbons (Fsp3) is 0.200. The molecule has 0 fully saturated rings. The molecule has 0 amide bonds. The zero-order valence-electron chi connectivity index (χ0n) is 5.91. The van der Waals surface area contributed by atoms with Crippen molar-refractivity contribution < 1.29 is 18.4 Å². The fourth-order valence-electron chi connectivity index (χ4n) is 0.623. The molecule has 1 rings (SSSR count). The van der Waals surface area contributed by atoms with E-state index in [1.807, 2.05) is 0 Å². The van der Waals surface area contributed by atoms with Gasteiger partial charge in [-0.1, -0.05) is 0 Å². The second-order valence-corrected chi connectivity index (χ2v) is 3.03. The Kier molecular flexibility index (Phi) is 2.38. The predicted octanol–water partition coefficient (Wildman–Crippen LogP) is 1.60. The van der Waals surface area contributed by atoms with Crippen molar-refractivity contribution in [1.29, 1.82) is 5.26 Å². The molecular weight excluding hydrogens is 207 g/mol. The highest BCUT2D eigenvalue weighted by Crippen LogP contribution is 2.37. The lowest BCUT2D eigenvalue weighted by Crippen LogP contribution is -1.99. The number of hydrogen-bond donors (Lipinski definition) is 1. The van der Waals surface area contributed by atoms with E-state index in [1.165, 1.54) is 6.07 Å². The Morgan fingerprint density at radius 2 is 2.23 bits per heavy atom. The number of nitrogens with zero attached hydrogens (tertiary/aromatic N) is 3. The van der Waals surface area contributed by atoms with Crippen molar-refractivity contribution in [2.75, 3.05) is 0 Å². The highest BCUT2D eigenvalue weighted by Gasteiger charge is 2.31. The van der Waals surface area contributed by atoms with Crippen LogP contribution in [-0.2, 0) is 0 Å². The fourth-order valence-corrected chi connectivity index (χ4v) is 1.20. The van der Waals surface area contributed by atoms with Gasteiger partial charge in [0, 0.05) is 0 Å². The molecule has 0 atom stereocenters. The first-order valence-electron chi connectivity index (χ1n) is 2.87. The lowest BCUT2D eigenvalue weighted by Gasteiger charge is -2.01. The average molecular weight is 209 g/mol. The van der Waals surface area contributed by atoms with Gasteiger partial charge in [0.2, 0.25) is 0 Å². The molecule has 8 heteroatoms. The Labute approximate surface area is 74.5 Å². The van der Waals surface area contributed by atoms with Crippen molar-refractivity contribution in [1.82, 2.24) is 9.94 Å². The summed E-state index contributed by atoms with van der Waals surface area (Å²) in [5.41, 5.74) is -4.95. The number of nitriles is 1. The Bertz CT molecular complexity index is 353. The number of aromatic nitrogens is 2. The van der Waals surface area contributed by atoms with E-state index in [0.29, 0.717) is 0 Å². The van der Waals surface area contributed by atoms with Gasteiger partial charge in [0.1, 0.15) is 6.07 Å². The molecule has 1 heterocycles. The summed E-state index contributed by atoms with van der Waals surface area (Å²) in [4.78, 5) is -0.246. The average Bonchev–Trinajstić information content (AvgIpc) is 2.27. The van der Waals surface area contributed by atoms with Crippen LogP contribution in [0.25, 0.3) is 0 Å². The summed E-state index contributed by atoms with van der Waals surface area (Å²) in [5, 5.41) is 20.1. The van der Waals surface area contributed by atoms with Crippen LogP contribution in [0.5, 0.6) is 0 Å². The first-order chi connectivity index (χ1) is 5.92. The zero-order chi connectivity index (χ0) is 10.1. The van der Waals surface area contributed by atoms with Gasteiger partial charge < -0.3 is 5.21 Å². The van der Waals surface area contributed by atoms with E-state index in [2.05, 4.69) is 5.10 Å². The van der Waals surface area contributed by atoms with E-state index in [0.717, 1.165) is 6.20 Å². The van der Waals surface area contributed by atoms with Gasteiger partial charge in [0.05, 0.1) is 11.1 Å². The van der Waals surface area contributed by atoms with Gasteiger partial charge in [-0.25, -0.2) is 0 Å². The third kappa shape index (κ3) is 2.55. The summed E-state index contributed by atoms with van der Waals surface area (Å²) in [6.45, 7) is 0. The van der Waals surface area contributed by atoms with Crippen molar-refractivity contribution in [3.8, 4) is 6.07 Å². The van der Waals surface area contributed by atoms with E-state index in [9.17, 15) is 13.2 Å². The van der Waals surface area contributed by atoms with E-state index in [4.69, 9.17) is 10.5 Å². The predicted molar refractivity (Wildman–Crippen MR) is 36.0 cm³/mol. The molecule has 4 nitrogen and oxygen atoms in total. The van der Waals surface area contributed by atoms with E-state index >= 15 is 0 Å². The first kappa shape index (κ1) is 9.73. The van der Waals surface area contributed by atoms with Crippen molar-refractivity contribution in [2.24, 2.45) is 0 Å². The van der Waals surface area contributed by atoms with Crippen LogP contribution < -0.4 is 0 Å². The maximum atomic E-state index is 11.8. The number of thioether (sulfide) groups is 1. The summed E-state index contributed by atoms with van der Waals surface area (Å²) in [7, 11) is 0. The standard InChI is InChI=1S/C5H2F3N3OS/c6-5(7,8)13-4-2-11(12)10-3(4)1-9/h2,12H. The number of alkyl halides is 3. The Morgan fingerprint density at radius 1 is 1.62 bits per heavy atom. The molecule has 0 aromatic carbocycles. The summed E-state index contributed by atoms with van der Waals surface area (Å²) >= 11 is -0.493. The van der Waals surface area contributed by atoms with Crippen LogP contribution in [0.1, 0.15) is 5.69 Å². The van der Waals surface area contributed by atoms with Crippen molar-refractivity contribution in [3.05, 3.63) is 11.9 Å². The van der Waals surface area contributed by atoms with Gasteiger partial charge in [-0.05, 0) is 11.8 Å². The summed E-state index contributed by atoms with van der Waals surface area (Å²) in [6.07, 6.45) is 0.719. The first-order valence-corrected chi connectivity index (χ1v) is 3.69. The number of rotatable bonds is 1. The smallest absolute Gasteiger partial charge is 0.412 e. The highest BCUT2D eigenvalue weighted by molar-refractivity contribution is 8.00. The third-order valence-corrected chi connectivity index (χ3v) is 1.75. The van der Waals surface area contributed by atoms with Crippen LogP contribution in [-0.4, -0.2) is 20.7 Å². The largest absolute Gasteiger partial charge is 0.446 e. The molecule has 0 aliphatic heterocycles. The monoisotopic (exact) mass is 209 g/mol. The van der Waals surface area contributed by atoms with Crippen LogP contribution in [0.15, 0.2) is 11.1 Å². The molecule has 0 spiro atoms. The minimum absolute atomic E-state index is 0.173. The highest BCUT2D eigenvalue weighted by atomic mass is 32.2. The summed E-state index contributed by atoms with van der Waals surface area (Å²) in [6, 6.07) is 1.43. The second kappa shape index (κ2) is 3.18. The van der Waals surface area contributed by atoms with Gasteiger partial charge in [-0.3, -0.25) is 0 Å². The van der Waals surface area contributed by atoms with Gasteiger partial charge in [-0.2, -0.15) is 18.4 Å². The van der Waals surface area contributed by atoms with Crippen LogP contribution in [0, 0.1) is 11.3 Å². The molecule has 0 aliphatic rings. The maximum Gasteiger partial charge on any atom is 0.446 e. The lowest BCUT2D eigenvalue weighted by molar-refractivity contribution is -0.0328. The lowest BCUT2D eigenvalue weighted by atomic mass is 10.5. The summed E-state index contributed by atoms with van der Waals surface area (Å²) in [5.74, 6) is 0. The maximum absolute atomic E-state index is 11.8. The van der Waals surface area contributed by atoms with Gasteiger partial charge in [0.25, 0.3) is 0 Å². The molecule has 1 N–H and O–H groups in total. The SMILES string of the molecule is N#Cc1nn(O)cc1SC(F)(F)F. The zero-order valence-corrected chi connectivity index (χ0v) is 6.72. The number of halogens is 3. The van der Waals surface area contributed by atoms with E-state index < -0.39 is 27.9 Å². The van der Waals surface area contributed by atoms with Crippen LogP contribution in [0.4, 0.5) is 13.2 Å². The van der Waals surface area contributed by atoms with Gasteiger partial charge in [0.15, 0.2) is 5.69 Å². The molecule has 0 radical (unpaired) electrons. The molecule has 70 valence electrons. The molecular formula is C5H2F3N3OS. The minimum Gasteiger partial charge on any atom is -0.412 e. The molecule has 0 unspecified atom stereocenters. The quantitative estimate of drug-likeness (QED) is 0.563. The second-order valence-electron chi connectivity index (χ2n) is 1.92. The van der Waals surface area contributed by atoms with Gasteiger partial charge in [-0.15, -0.1) is 9.94 Å². The Balaban J connectivity index is 2.95. The Hall–Kier alpha value is -1.36. The van der Waals surface area contributed by atoms with Crippen LogP contribution in [0.3, 0.4) is 0 Å². The molecule has 1 aromatic rings. The van der Waals surface area contributed by atoms with E-state index in [1.54, 1.807) is 0 Å². The molecule has 0 bridgehead atoms. The van der Waals surface area contributed by atoms with Gasteiger partial charge >= 0.3 is 5.51 Å². The van der Waals surface area contributed by atoms with Crippen LogP contribution >= 0.6 is 11.8 Å². The molecule has 1 aromatic heterocycles. The van der Waals surface area contributed by atoms with Crippen LogP contribution in [0.2, 0.25) is 0 Å². The minimum atomic E-state index is -4.49.